The second kappa shape index (κ2) is 4.61. The molecule has 0 saturated carbocycles. The predicted octanol–water partition coefficient (Wildman–Crippen LogP) is 2.17. The number of nitrogens with one attached hydrogen (secondary N) is 1. The van der Waals surface area contributed by atoms with Crippen molar-refractivity contribution in [3.05, 3.63) is 47.9 Å². The number of anilines is 2. The normalized spacial score (nSPS) is 10.1. The highest BCUT2D eigenvalue weighted by atomic mass is 16.4. The Balaban J connectivity index is 2.14. The third kappa shape index (κ3) is 2.57. The number of carbonyl (C=O) groups is 1. The first-order valence-electron chi connectivity index (χ1n) is 5.04. The molecule has 0 fully saturated rings. The molecule has 0 saturated heterocycles. The van der Waals surface area contributed by atoms with Crippen LogP contribution in [-0.4, -0.2) is 11.1 Å². The maximum absolute atomic E-state index is 10.8. The van der Waals surface area contributed by atoms with Crippen LogP contribution >= 0.6 is 0 Å². The number of nitrogen functional groups attached to an aromatic ring is 1. The van der Waals surface area contributed by atoms with E-state index in [1.54, 1.807) is 18.6 Å². The zero-order chi connectivity index (χ0) is 12.3. The Hall–Kier alpha value is -2.43. The molecule has 2 aromatic rings. The highest BCUT2D eigenvalue weighted by Gasteiger charge is 2.06. The molecule has 1 aromatic carbocycles. The van der Waals surface area contributed by atoms with E-state index in [0.717, 1.165) is 5.56 Å². The van der Waals surface area contributed by atoms with Gasteiger partial charge in [-0.05, 0) is 24.3 Å². The van der Waals surface area contributed by atoms with E-state index >= 15 is 0 Å². The van der Waals surface area contributed by atoms with Crippen LogP contribution in [0.1, 0.15) is 15.9 Å². The van der Waals surface area contributed by atoms with Crippen molar-refractivity contribution in [2.75, 3.05) is 11.1 Å². The molecule has 88 valence electrons. The quantitative estimate of drug-likeness (QED) is 0.703. The second-order valence-corrected chi connectivity index (χ2v) is 3.59. The van der Waals surface area contributed by atoms with Crippen LogP contribution in [0.15, 0.2) is 41.2 Å². The Morgan fingerprint density at radius 1 is 1.41 bits per heavy atom. The first-order valence-corrected chi connectivity index (χ1v) is 5.04. The molecule has 4 N–H and O–H groups in total. The maximum Gasteiger partial charge on any atom is 0.335 e. The van der Waals surface area contributed by atoms with Crippen LogP contribution < -0.4 is 11.1 Å². The van der Waals surface area contributed by atoms with Gasteiger partial charge in [-0.1, -0.05) is 0 Å². The lowest BCUT2D eigenvalue weighted by Gasteiger charge is -2.09. The van der Waals surface area contributed by atoms with E-state index in [-0.39, 0.29) is 5.56 Å². The molecule has 0 amide bonds. The van der Waals surface area contributed by atoms with Gasteiger partial charge in [-0.2, -0.15) is 0 Å². The van der Waals surface area contributed by atoms with Crippen LogP contribution in [0.5, 0.6) is 0 Å². The van der Waals surface area contributed by atoms with Gasteiger partial charge in [-0.3, -0.25) is 0 Å². The minimum absolute atomic E-state index is 0.203. The van der Waals surface area contributed by atoms with Crippen molar-refractivity contribution in [2.45, 2.75) is 6.54 Å². The largest absolute Gasteiger partial charge is 0.478 e. The summed E-state index contributed by atoms with van der Waals surface area (Å²) in [6.07, 6.45) is 3.19. The zero-order valence-electron chi connectivity index (χ0n) is 9.01. The van der Waals surface area contributed by atoms with E-state index in [1.807, 2.05) is 6.07 Å². The van der Waals surface area contributed by atoms with Gasteiger partial charge in [0.15, 0.2) is 0 Å². The smallest absolute Gasteiger partial charge is 0.335 e. The fraction of sp³-hybridized carbons (Fsp3) is 0.0833. The summed E-state index contributed by atoms with van der Waals surface area (Å²) >= 11 is 0. The first-order chi connectivity index (χ1) is 8.16. The maximum atomic E-state index is 10.8. The summed E-state index contributed by atoms with van der Waals surface area (Å²) in [7, 11) is 0. The number of rotatable bonds is 4. The van der Waals surface area contributed by atoms with Crippen molar-refractivity contribution in [1.29, 1.82) is 0 Å². The fourth-order valence-electron chi connectivity index (χ4n) is 1.43. The summed E-state index contributed by atoms with van der Waals surface area (Å²) in [6, 6.07) is 6.38. The molecule has 17 heavy (non-hydrogen) atoms. The summed E-state index contributed by atoms with van der Waals surface area (Å²) in [5.41, 5.74) is 8.03. The average Bonchev–Trinajstić information content (AvgIpc) is 2.80. The summed E-state index contributed by atoms with van der Waals surface area (Å²) in [5.74, 6) is -0.976. The zero-order valence-corrected chi connectivity index (χ0v) is 9.01. The van der Waals surface area contributed by atoms with Crippen LogP contribution in [0.3, 0.4) is 0 Å². The highest BCUT2D eigenvalue weighted by Crippen LogP contribution is 2.20. The standard InChI is InChI=1S/C12H12N2O3/c13-10-2-1-9(12(15)16)5-11(10)14-6-8-3-4-17-7-8/h1-5,7,14H,6,13H2,(H,15,16). The highest BCUT2D eigenvalue weighted by molar-refractivity contribution is 5.90. The topological polar surface area (TPSA) is 88.5 Å². The molecule has 1 aromatic heterocycles. The average molecular weight is 232 g/mol. The number of furan rings is 1. The molecule has 1 heterocycles. The molecular weight excluding hydrogens is 220 g/mol. The van der Waals surface area contributed by atoms with Crippen molar-refractivity contribution in [3.8, 4) is 0 Å². The van der Waals surface area contributed by atoms with Gasteiger partial charge in [-0.25, -0.2) is 4.79 Å². The number of carboxylic acid groups (broad SMARTS) is 1. The second-order valence-electron chi connectivity index (χ2n) is 3.59. The number of carboxylic acids is 1. The Kier molecular flexibility index (Phi) is 3.00. The van der Waals surface area contributed by atoms with Gasteiger partial charge in [0.05, 0.1) is 29.5 Å². The van der Waals surface area contributed by atoms with Crippen molar-refractivity contribution in [1.82, 2.24) is 0 Å². The van der Waals surface area contributed by atoms with Crippen molar-refractivity contribution in [3.63, 3.8) is 0 Å². The SMILES string of the molecule is Nc1ccc(C(=O)O)cc1NCc1ccoc1. The van der Waals surface area contributed by atoms with Gasteiger partial charge in [-0.15, -0.1) is 0 Å². The molecule has 2 rings (SSSR count). The molecule has 5 nitrogen and oxygen atoms in total. The fourth-order valence-corrected chi connectivity index (χ4v) is 1.43. The number of aromatic carboxylic acids is 1. The van der Waals surface area contributed by atoms with Crippen LogP contribution in [0.2, 0.25) is 0 Å². The first kappa shape index (κ1) is 11.1. The monoisotopic (exact) mass is 232 g/mol. The van der Waals surface area contributed by atoms with Crippen LogP contribution in [-0.2, 0) is 6.54 Å². The predicted molar refractivity (Wildman–Crippen MR) is 63.8 cm³/mol. The van der Waals surface area contributed by atoms with E-state index in [9.17, 15) is 4.79 Å². The Morgan fingerprint density at radius 2 is 2.24 bits per heavy atom. The lowest BCUT2D eigenvalue weighted by molar-refractivity contribution is 0.0697. The third-order valence-electron chi connectivity index (χ3n) is 2.36. The molecular formula is C12H12N2O3. The van der Waals surface area contributed by atoms with Gasteiger partial charge in [0.2, 0.25) is 0 Å². The van der Waals surface area contributed by atoms with Gasteiger partial charge in [0.25, 0.3) is 0 Å². The Bertz CT molecular complexity index is 521. The number of benzene rings is 1. The molecule has 0 bridgehead atoms. The molecule has 0 aliphatic carbocycles. The summed E-state index contributed by atoms with van der Waals surface area (Å²) in [4.78, 5) is 10.8. The molecule has 0 aliphatic rings. The van der Waals surface area contributed by atoms with Gasteiger partial charge in [0.1, 0.15) is 0 Å². The van der Waals surface area contributed by atoms with Crippen LogP contribution in [0, 0.1) is 0 Å². The van der Waals surface area contributed by atoms with Crippen molar-refractivity contribution in [2.24, 2.45) is 0 Å². The molecule has 0 unspecified atom stereocenters. The van der Waals surface area contributed by atoms with Crippen LogP contribution in [0.4, 0.5) is 11.4 Å². The third-order valence-corrected chi connectivity index (χ3v) is 2.36. The van der Waals surface area contributed by atoms with E-state index in [2.05, 4.69) is 5.32 Å². The summed E-state index contributed by atoms with van der Waals surface area (Å²) in [5, 5.41) is 11.9. The minimum Gasteiger partial charge on any atom is -0.478 e. The number of hydrogen-bond acceptors (Lipinski definition) is 4. The molecule has 0 aliphatic heterocycles. The van der Waals surface area contributed by atoms with Gasteiger partial charge < -0.3 is 20.6 Å². The van der Waals surface area contributed by atoms with Crippen molar-refractivity contribution < 1.29 is 14.3 Å². The van der Waals surface area contributed by atoms with E-state index in [4.69, 9.17) is 15.3 Å². The molecule has 0 spiro atoms. The van der Waals surface area contributed by atoms with Crippen LogP contribution in [0.25, 0.3) is 0 Å². The van der Waals surface area contributed by atoms with Gasteiger partial charge in [0, 0.05) is 12.1 Å². The lowest BCUT2D eigenvalue weighted by Crippen LogP contribution is -2.04. The van der Waals surface area contributed by atoms with E-state index in [1.165, 1.54) is 12.1 Å². The summed E-state index contributed by atoms with van der Waals surface area (Å²) in [6.45, 7) is 0.532. The Labute approximate surface area is 97.9 Å². The summed E-state index contributed by atoms with van der Waals surface area (Å²) < 4.78 is 4.93. The lowest BCUT2D eigenvalue weighted by atomic mass is 10.1. The van der Waals surface area contributed by atoms with Gasteiger partial charge >= 0.3 is 5.97 Å². The van der Waals surface area contributed by atoms with Crippen molar-refractivity contribution >= 4 is 17.3 Å². The molecule has 0 atom stereocenters. The van der Waals surface area contributed by atoms with E-state index in [0.29, 0.717) is 17.9 Å². The molecule has 5 heteroatoms. The number of nitrogens with two attached hydrogens (primary N) is 1. The number of hydrogen-bond donors (Lipinski definition) is 3. The molecule has 0 radical (unpaired) electrons. The minimum atomic E-state index is -0.976. The Morgan fingerprint density at radius 3 is 2.88 bits per heavy atom. The van der Waals surface area contributed by atoms with E-state index < -0.39 is 5.97 Å².